The maximum Gasteiger partial charge on any atom is 0.210 e. The first-order valence-electron chi connectivity index (χ1n) is 5.94. The average molecular weight is 211 g/mol. The zero-order valence-electron chi connectivity index (χ0n) is 9.69. The fraction of sp³-hybridized carbons (Fsp3) is 0.833. The highest BCUT2D eigenvalue weighted by Gasteiger charge is 2.35. The number of carbonyl (C=O) groups is 2. The second kappa shape index (κ2) is 5.89. The standard InChI is InChI=1S/C12H21NO2/c1-3-10(7-8-14)12-6-5-11(4-2)13(12)9-15/h8-12H,3-7H2,1-2H3. The van der Waals surface area contributed by atoms with Crippen LogP contribution < -0.4 is 0 Å². The lowest BCUT2D eigenvalue weighted by Gasteiger charge is -2.30. The normalized spacial score (nSPS) is 27.7. The summed E-state index contributed by atoms with van der Waals surface area (Å²) in [6.45, 7) is 4.21. The summed E-state index contributed by atoms with van der Waals surface area (Å²) in [6.07, 6.45) is 6.69. The van der Waals surface area contributed by atoms with Crippen molar-refractivity contribution in [3.8, 4) is 0 Å². The van der Waals surface area contributed by atoms with E-state index in [9.17, 15) is 9.59 Å². The molecule has 0 saturated carbocycles. The van der Waals surface area contributed by atoms with Gasteiger partial charge in [0.2, 0.25) is 6.41 Å². The van der Waals surface area contributed by atoms with Gasteiger partial charge in [-0.15, -0.1) is 0 Å². The number of likely N-dealkylation sites (tertiary alicyclic amines) is 1. The molecule has 0 aromatic heterocycles. The van der Waals surface area contributed by atoms with Crippen molar-refractivity contribution in [2.75, 3.05) is 0 Å². The second-order valence-corrected chi connectivity index (χ2v) is 4.33. The van der Waals surface area contributed by atoms with Gasteiger partial charge in [0.05, 0.1) is 0 Å². The van der Waals surface area contributed by atoms with Gasteiger partial charge in [-0.3, -0.25) is 4.79 Å². The second-order valence-electron chi connectivity index (χ2n) is 4.33. The van der Waals surface area contributed by atoms with Crippen molar-refractivity contribution in [1.82, 2.24) is 4.90 Å². The van der Waals surface area contributed by atoms with E-state index in [-0.39, 0.29) is 0 Å². The lowest BCUT2D eigenvalue weighted by Crippen LogP contribution is -2.39. The van der Waals surface area contributed by atoms with E-state index in [1.165, 1.54) is 0 Å². The maximum atomic E-state index is 11.0. The van der Waals surface area contributed by atoms with Crippen LogP contribution in [0.5, 0.6) is 0 Å². The van der Waals surface area contributed by atoms with Crippen molar-refractivity contribution < 1.29 is 9.59 Å². The van der Waals surface area contributed by atoms with Gasteiger partial charge < -0.3 is 9.69 Å². The first-order valence-corrected chi connectivity index (χ1v) is 5.94. The molecule has 1 rings (SSSR count). The Morgan fingerprint density at radius 1 is 1.33 bits per heavy atom. The highest BCUT2D eigenvalue weighted by molar-refractivity contribution is 5.52. The Morgan fingerprint density at radius 2 is 2.07 bits per heavy atom. The Morgan fingerprint density at radius 3 is 2.53 bits per heavy atom. The molecule has 1 fully saturated rings. The zero-order chi connectivity index (χ0) is 11.3. The molecule has 0 N–H and O–H groups in total. The molecule has 1 aliphatic heterocycles. The van der Waals surface area contributed by atoms with E-state index < -0.39 is 0 Å². The first kappa shape index (κ1) is 12.2. The summed E-state index contributed by atoms with van der Waals surface area (Å²) in [6, 6.07) is 0.691. The Hall–Kier alpha value is -0.860. The Kier molecular flexibility index (Phi) is 4.79. The van der Waals surface area contributed by atoms with Gasteiger partial charge in [0.25, 0.3) is 0 Å². The van der Waals surface area contributed by atoms with Crippen molar-refractivity contribution in [2.24, 2.45) is 5.92 Å². The van der Waals surface area contributed by atoms with E-state index in [2.05, 4.69) is 13.8 Å². The van der Waals surface area contributed by atoms with E-state index in [0.717, 1.165) is 38.4 Å². The highest BCUT2D eigenvalue weighted by Crippen LogP contribution is 2.31. The fourth-order valence-corrected chi connectivity index (χ4v) is 2.71. The summed E-state index contributed by atoms with van der Waals surface area (Å²) >= 11 is 0. The Labute approximate surface area is 91.8 Å². The predicted octanol–water partition coefficient (Wildman–Crippen LogP) is 2.00. The summed E-state index contributed by atoms with van der Waals surface area (Å²) in [5, 5.41) is 0. The lowest BCUT2D eigenvalue weighted by molar-refractivity contribution is -0.122. The minimum Gasteiger partial charge on any atom is -0.339 e. The van der Waals surface area contributed by atoms with Gasteiger partial charge in [-0.1, -0.05) is 20.3 Å². The van der Waals surface area contributed by atoms with E-state index in [4.69, 9.17) is 0 Å². The SMILES string of the molecule is CCC(CC=O)C1CCC(CC)N1C=O. The molecule has 1 heterocycles. The molecule has 0 aromatic carbocycles. The molecule has 1 saturated heterocycles. The molecule has 86 valence electrons. The molecule has 0 bridgehead atoms. The van der Waals surface area contributed by atoms with E-state index in [1.807, 2.05) is 4.90 Å². The van der Waals surface area contributed by atoms with Gasteiger partial charge in [0.1, 0.15) is 6.29 Å². The number of nitrogens with zero attached hydrogens (tertiary/aromatic N) is 1. The molecule has 15 heavy (non-hydrogen) atoms. The monoisotopic (exact) mass is 211 g/mol. The summed E-state index contributed by atoms with van der Waals surface area (Å²) < 4.78 is 0. The third-order valence-corrected chi connectivity index (χ3v) is 3.66. The fourth-order valence-electron chi connectivity index (χ4n) is 2.71. The minimum atomic E-state index is 0.294. The van der Waals surface area contributed by atoms with Crippen LogP contribution in [-0.4, -0.2) is 29.7 Å². The van der Waals surface area contributed by atoms with Crippen LogP contribution in [0.3, 0.4) is 0 Å². The highest BCUT2D eigenvalue weighted by atomic mass is 16.1. The van der Waals surface area contributed by atoms with Crippen LogP contribution in [0, 0.1) is 5.92 Å². The summed E-state index contributed by atoms with van der Waals surface area (Å²) in [4.78, 5) is 23.6. The number of aldehydes is 1. The third kappa shape index (κ3) is 2.58. The van der Waals surface area contributed by atoms with Gasteiger partial charge in [0.15, 0.2) is 0 Å². The van der Waals surface area contributed by atoms with Crippen LogP contribution in [0.2, 0.25) is 0 Å². The van der Waals surface area contributed by atoms with Crippen molar-refractivity contribution >= 4 is 12.7 Å². The number of amides is 1. The molecule has 1 amide bonds. The van der Waals surface area contributed by atoms with Gasteiger partial charge in [-0.05, 0) is 25.2 Å². The van der Waals surface area contributed by atoms with Crippen LogP contribution >= 0.6 is 0 Å². The summed E-state index contributed by atoms with van der Waals surface area (Å²) in [5.74, 6) is 0.351. The van der Waals surface area contributed by atoms with Crippen molar-refractivity contribution in [3.05, 3.63) is 0 Å². The van der Waals surface area contributed by atoms with Crippen LogP contribution in [0.4, 0.5) is 0 Å². The van der Waals surface area contributed by atoms with Gasteiger partial charge >= 0.3 is 0 Å². The Balaban J connectivity index is 2.67. The number of hydrogen-bond donors (Lipinski definition) is 0. The molecule has 0 aliphatic carbocycles. The molecule has 3 atom stereocenters. The molecule has 1 aliphatic rings. The van der Waals surface area contributed by atoms with Crippen LogP contribution in [-0.2, 0) is 9.59 Å². The Bertz CT molecular complexity index is 218. The van der Waals surface area contributed by atoms with Crippen LogP contribution in [0.1, 0.15) is 46.0 Å². The van der Waals surface area contributed by atoms with Gasteiger partial charge in [0, 0.05) is 18.5 Å². The van der Waals surface area contributed by atoms with E-state index in [1.54, 1.807) is 0 Å². The lowest BCUT2D eigenvalue weighted by atomic mass is 9.92. The molecule has 0 spiro atoms. The van der Waals surface area contributed by atoms with Gasteiger partial charge in [-0.2, -0.15) is 0 Å². The number of hydrogen-bond acceptors (Lipinski definition) is 2. The van der Waals surface area contributed by atoms with E-state index >= 15 is 0 Å². The molecule has 0 aromatic rings. The smallest absolute Gasteiger partial charge is 0.210 e. The van der Waals surface area contributed by atoms with Crippen LogP contribution in [0.25, 0.3) is 0 Å². The summed E-state index contributed by atoms with van der Waals surface area (Å²) in [7, 11) is 0. The van der Waals surface area contributed by atoms with Crippen molar-refractivity contribution in [1.29, 1.82) is 0 Å². The van der Waals surface area contributed by atoms with Crippen molar-refractivity contribution in [2.45, 2.75) is 58.0 Å². The van der Waals surface area contributed by atoms with Gasteiger partial charge in [-0.25, -0.2) is 0 Å². The largest absolute Gasteiger partial charge is 0.339 e. The first-order chi connectivity index (χ1) is 7.28. The average Bonchev–Trinajstić information content (AvgIpc) is 2.68. The van der Waals surface area contributed by atoms with E-state index in [0.29, 0.717) is 24.4 Å². The molecular formula is C12H21NO2. The van der Waals surface area contributed by atoms with Crippen LogP contribution in [0.15, 0.2) is 0 Å². The summed E-state index contributed by atoms with van der Waals surface area (Å²) in [5.41, 5.74) is 0. The third-order valence-electron chi connectivity index (χ3n) is 3.66. The quantitative estimate of drug-likeness (QED) is 0.630. The topological polar surface area (TPSA) is 37.4 Å². The molecule has 0 radical (unpaired) electrons. The molecular weight excluding hydrogens is 190 g/mol. The zero-order valence-corrected chi connectivity index (χ0v) is 9.69. The maximum absolute atomic E-state index is 11.0. The number of carbonyl (C=O) groups excluding carboxylic acids is 2. The molecule has 3 heteroatoms. The number of rotatable bonds is 6. The van der Waals surface area contributed by atoms with Crippen molar-refractivity contribution in [3.63, 3.8) is 0 Å². The predicted molar refractivity (Wildman–Crippen MR) is 59.5 cm³/mol. The molecule has 3 unspecified atom stereocenters. The minimum absolute atomic E-state index is 0.294. The molecule has 3 nitrogen and oxygen atoms in total.